The van der Waals surface area contributed by atoms with E-state index >= 15 is 0 Å². The lowest BCUT2D eigenvalue weighted by atomic mass is 10.1. The fourth-order valence-corrected chi connectivity index (χ4v) is 5.03. The minimum atomic E-state index is -3.58. The second-order valence-electron chi connectivity index (χ2n) is 3.86. The first-order valence-electron chi connectivity index (χ1n) is 5.32. The van der Waals surface area contributed by atoms with Crippen LogP contribution in [0.2, 0.25) is 0 Å². The van der Waals surface area contributed by atoms with Crippen LogP contribution >= 0.6 is 9.70 Å². The number of hydrogen-bond donors (Lipinski definition) is 0. The van der Waals surface area contributed by atoms with Gasteiger partial charge >= 0.3 is 0 Å². The summed E-state index contributed by atoms with van der Waals surface area (Å²) in [5.41, 5.74) is 1.28. The Labute approximate surface area is 114 Å². The van der Waals surface area contributed by atoms with E-state index in [2.05, 4.69) is 5.10 Å². The molecular weight excluding hydrogens is 284 g/mol. The zero-order valence-electron chi connectivity index (χ0n) is 10.4. The van der Waals surface area contributed by atoms with E-state index in [0.29, 0.717) is 5.71 Å². The smallest absolute Gasteiger partial charge is 0.199 e. The van der Waals surface area contributed by atoms with E-state index < -0.39 is 18.8 Å². The topological polar surface area (TPSA) is 76.8 Å². The Kier molecular flexibility index (Phi) is 3.71. The van der Waals surface area contributed by atoms with Crippen molar-refractivity contribution in [2.75, 3.05) is 14.1 Å². The van der Waals surface area contributed by atoms with Gasteiger partial charge in [0.2, 0.25) is 6.19 Å². The summed E-state index contributed by atoms with van der Waals surface area (Å²) in [6.07, 6.45) is 1.80. The van der Waals surface area contributed by atoms with Gasteiger partial charge in [0.15, 0.2) is 0 Å². The van der Waals surface area contributed by atoms with Crippen molar-refractivity contribution in [1.82, 2.24) is 8.72 Å². The van der Waals surface area contributed by atoms with Gasteiger partial charge in [0.1, 0.15) is 5.71 Å². The van der Waals surface area contributed by atoms with Crippen molar-refractivity contribution in [3.8, 4) is 6.19 Å². The monoisotopic (exact) mass is 296 g/mol. The number of hydrazone groups is 1. The van der Waals surface area contributed by atoms with E-state index in [0.717, 1.165) is 14.3 Å². The van der Waals surface area contributed by atoms with Crippen molar-refractivity contribution in [2.45, 2.75) is 0 Å². The maximum atomic E-state index is 12.1. The Hall–Kier alpha value is -1.69. The second kappa shape index (κ2) is 5.13. The third-order valence-corrected chi connectivity index (χ3v) is 7.56. The molecule has 1 aromatic carbocycles. The van der Waals surface area contributed by atoms with Gasteiger partial charge in [0, 0.05) is 25.0 Å². The molecule has 0 aromatic heterocycles. The predicted octanol–water partition coefficient (Wildman–Crippen LogP) is 0.980. The molecule has 0 aliphatic carbocycles. The van der Waals surface area contributed by atoms with Crippen LogP contribution < -0.4 is 0 Å². The summed E-state index contributed by atoms with van der Waals surface area (Å²) < 4.78 is 26.3. The van der Waals surface area contributed by atoms with Gasteiger partial charge in [0.05, 0.1) is 9.70 Å². The summed E-state index contributed by atoms with van der Waals surface area (Å²) in [7, 11) is -2.11. The molecule has 0 fully saturated rings. The molecule has 1 aliphatic heterocycles. The molecule has 100 valence electrons. The summed E-state index contributed by atoms with van der Waals surface area (Å²) in [5.74, 6) is 0. The molecular formula is C11H12N4O2S2. The molecule has 1 unspecified atom stereocenters. The highest BCUT2D eigenvalue weighted by Gasteiger charge is 2.30. The molecule has 0 radical (unpaired) electrons. The second-order valence-corrected chi connectivity index (χ2v) is 8.87. The van der Waals surface area contributed by atoms with Gasteiger partial charge in [0.25, 0.3) is 9.06 Å². The summed E-state index contributed by atoms with van der Waals surface area (Å²) >= 11 is 0. The molecule has 1 aliphatic rings. The lowest BCUT2D eigenvalue weighted by Gasteiger charge is -2.15. The lowest BCUT2D eigenvalue weighted by Crippen LogP contribution is -2.23. The SMILES string of the molecule is CN(C)S(=O)(=O)S1=CC(c2ccccc2)=NN1C#N. The van der Waals surface area contributed by atoms with Crippen LogP contribution in [0.15, 0.2) is 35.4 Å². The maximum absolute atomic E-state index is 12.1. The Balaban J connectivity index is 2.48. The number of nitrogens with zero attached hydrogens (tertiary/aromatic N) is 4. The van der Waals surface area contributed by atoms with E-state index in [4.69, 9.17) is 5.26 Å². The summed E-state index contributed by atoms with van der Waals surface area (Å²) in [4.78, 5) is 0. The van der Waals surface area contributed by atoms with Crippen LogP contribution in [0.25, 0.3) is 0 Å². The van der Waals surface area contributed by atoms with E-state index in [-0.39, 0.29) is 0 Å². The van der Waals surface area contributed by atoms with Gasteiger partial charge in [-0.25, -0.2) is 0 Å². The molecule has 19 heavy (non-hydrogen) atoms. The van der Waals surface area contributed by atoms with Gasteiger partial charge in [-0.3, -0.25) is 0 Å². The van der Waals surface area contributed by atoms with Gasteiger partial charge in [-0.2, -0.15) is 23.1 Å². The Bertz CT molecular complexity index is 687. The quantitative estimate of drug-likeness (QED) is 0.473. The highest BCUT2D eigenvalue weighted by Crippen LogP contribution is 2.33. The van der Waals surface area contributed by atoms with Crippen LogP contribution in [0.3, 0.4) is 0 Å². The lowest BCUT2D eigenvalue weighted by molar-refractivity contribution is 0.536. The normalized spacial score (nSPS) is 18.9. The molecule has 6 nitrogen and oxygen atoms in total. The average Bonchev–Trinajstić information content (AvgIpc) is 2.84. The molecule has 1 atom stereocenters. The van der Waals surface area contributed by atoms with Crippen molar-refractivity contribution < 1.29 is 8.42 Å². The molecule has 0 saturated carbocycles. The average molecular weight is 296 g/mol. The fourth-order valence-electron chi connectivity index (χ4n) is 1.41. The third kappa shape index (κ3) is 2.53. The first-order valence-corrected chi connectivity index (χ1v) is 8.52. The fraction of sp³-hybridized carbons (Fsp3) is 0.182. The van der Waals surface area contributed by atoms with Crippen LogP contribution in [-0.2, 0) is 9.06 Å². The summed E-state index contributed by atoms with van der Waals surface area (Å²) in [6, 6.07) is 9.16. The zero-order chi connectivity index (χ0) is 14.0. The third-order valence-electron chi connectivity index (χ3n) is 2.40. The minimum absolute atomic E-state index is 0.496. The van der Waals surface area contributed by atoms with E-state index in [9.17, 15) is 8.42 Å². The molecule has 0 N–H and O–H groups in total. The van der Waals surface area contributed by atoms with Crippen LogP contribution in [0, 0.1) is 11.5 Å². The standard InChI is InChI=1S/C11H12N4O2S2/c1-14(2)19(16,17)18-8-11(13-15(18)9-12)10-6-4-3-5-7-10/h3-8H,1-2H3. The highest BCUT2D eigenvalue weighted by atomic mass is 33.2. The maximum Gasteiger partial charge on any atom is 0.281 e. The number of rotatable bonds is 3. The molecule has 0 bridgehead atoms. The Morgan fingerprint density at radius 2 is 1.95 bits per heavy atom. The highest BCUT2D eigenvalue weighted by molar-refractivity contribution is 8.77. The van der Waals surface area contributed by atoms with E-state index in [1.54, 1.807) is 6.19 Å². The van der Waals surface area contributed by atoms with Gasteiger partial charge < -0.3 is 0 Å². The predicted molar refractivity (Wildman–Crippen MR) is 76.7 cm³/mol. The summed E-state index contributed by atoms with van der Waals surface area (Å²) in [6.45, 7) is 0. The molecule has 8 heteroatoms. The van der Waals surface area contributed by atoms with Crippen LogP contribution in [0.1, 0.15) is 5.56 Å². The van der Waals surface area contributed by atoms with Crippen molar-refractivity contribution >= 4 is 29.8 Å². The number of hydrogen-bond acceptors (Lipinski definition) is 5. The molecule has 0 amide bonds. The van der Waals surface area contributed by atoms with E-state index in [1.165, 1.54) is 19.5 Å². The van der Waals surface area contributed by atoms with Gasteiger partial charge in [-0.05, 0) is 0 Å². The molecule has 1 heterocycles. The number of nitriles is 1. The minimum Gasteiger partial charge on any atom is -0.199 e. The number of benzene rings is 1. The molecule has 0 saturated heterocycles. The van der Waals surface area contributed by atoms with Crippen molar-refractivity contribution in [3.05, 3.63) is 35.9 Å². The Morgan fingerprint density at radius 3 is 2.47 bits per heavy atom. The van der Waals surface area contributed by atoms with Crippen molar-refractivity contribution in [2.24, 2.45) is 5.10 Å². The molecule has 1 aromatic rings. The van der Waals surface area contributed by atoms with Crippen LogP contribution in [-0.4, -0.2) is 42.3 Å². The van der Waals surface area contributed by atoms with Crippen molar-refractivity contribution in [3.63, 3.8) is 0 Å². The zero-order valence-corrected chi connectivity index (χ0v) is 12.0. The molecule has 0 spiro atoms. The molecule has 2 rings (SSSR count). The largest absolute Gasteiger partial charge is 0.281 e. The first kappa shape index (κ1) is 13.7. The van der Waals surface area contributed by atoms with Crippen LogP contribution in [0.4, 0.5) is 0 Å². The Morgan fingerprint density at radius 1 is 1.32 bits per heavy atom. The van der Waals surface area contributed by atoms with Crippen molar-refractivity contribution in [1.29, 1.82) is 5.26 Å². The van der Waals surface area contributed by atoms with E-state index in [1.807, 2.05) is 30.3 Å². The van der Waals surface area contributed by atoms with Crippen LogP contribution in [0.5, 0.6) is 0 Å². The first-order chi connectivity index (χ1) is 8.96. The van der Waals surface area contributed by atoms with Gasteiger partial charge in [-0.1, -0.05) is 30.3 Å². The van der Waals surface area contributed by atoms with Gasteiger partial charge in [-0.15, -0.1) is 4.41 Å². The summed E-state index contributed by atoms with van der Waals surface area (Å²) in [5, 5.41) is 14.6.